The quantitative estimate of drug-likeness (QED) is 0.765. The molecule has 0 unspecified atom stereocenters. The molecule has 0 aliphatic heterocycles. The van der Waals surface area contributed by atoms with E-state index in [9.17, 15) is 19.2 Å². The van der Waals surface area contributed by atoms with Crippen molar-refractivity contribution >= 4 is 23.5 Å². The largest absolute Gasteiger partial charge is 0.478 e. The Bertz CT molecular complexity index is 871. The maximum absolute atomic E-state index is 12.1. The number of esters is 1. The van der Waals surface area contributed by atoms with E-state index >= 15 is 0 Å². The average Bonchev–Trinajstić information content (AvgIpc) is 2.57. The Hall–Kier alpha value is -3.42. The first kappa shape index (κ1) is 17.9. The van der Waals surface area contributed by atoms with Crippen LogP contribution in [0.2, 0.25) is 0 Å². The number of hydrogen-bond donors (Lipinski definition) is 2. The summed E-state index contributed by atoms with van der Waals surface area (Å²) in [6.07, 6.45) is 1.10. The van der Waals surface area contributed by atoms with Crippen molar-refractivity contribution in [1.29, 1.82) is 0 Å². The number of benzene rings is 1. The molecule has 8 nitrogen and oxygen atoms in total. The number of nitrogens with one attached hydrogen (secondary N) is 1. The van der Waals surface area contributed by atoms with E-state index < -0.39 is 23.4 Å². The van der Waals surface area contributed by atoms with E-state index in [1.54, 1.807) is 25.1 Å². The molecule has 0 spiro atoms. The third-order valence-electron chi connectivity index (χ3n) is 3.20. The summed E-state index contributed by atoms with van der Waals surface area (Å²) in [6, 6.07) is 8.41. The highest BCUT2D eigenvalue weighted by Crippen LogP contribution is 2.12. The van der Waals surface area contributed by atoms with Gasteiger partial charge >= 0.3 is 11.9 Å². The van der Waals surface area contributed by atoms with Crippen molar-refractivity contribution < 1.29 is 24.2 Å². The van der Waals surface area contributed by atoms with Crippen LogP contribution in [0.4, 0.5) is 5.69 Å². The van der Waals surface area contributed by atoms with Gasteiger partial charge in [0.05, 0.1) is 17.7 Å². The highest BCUT2D eigenvalue weighted by molar-refractivity contribution is 5.94. The van der Waals surface area contributed by atoms with E-state index in [4.69, 9.17) is 9.84 Å². The maximum Gasteiger partial charge on any atom is 0.338 e. The number of carboxylic acids is 1. The lowest BCUT2D eigenvalue weighted by atomic mass is 10.2. The fraction of sp³-hybridized carbons (Fsp3) is 0.176. The molecule has 2 N–H and O–H groups in total. The van der Waals surface area contributed by atoms with Gasteiger partial charge in [-0.2, -0.15) is 0 Å². The van der Waals surface area contributed by atoms with Crippen molar-refractivity contribution in [3.8, 4) is 0 Å². The molecule has 25 heavy (non-hydrogen) atoms. The minimum atomic E-state index is -1.20. The lowest BCUT2D eigenvalue weighted by molar-refractivity contribution is -0.116. The van der Waals surface area contributed by atoms with E-state index in [1.807, 2.05) is 0 Å². The van der Waals surface area contributed by atoms with Gasteiger partial charge < -0.3 is 19.7 Å². The van der Waals surface area contributed by atoms with Crippen LogP contribution < -0.4 is 10.9 Å². The summed E-state index contributed by atoms with van der Waals surface area (Å²) in [7, 11) is 0. The first-order chi connectivity index (χ1) is 11.9. The number of anilines is 1. The minimum absolute atomic E-state index is 0.100. The molecule has 2 rings (SSSR count). The van der Waals surface area contributed by atoms with E-state index in [0.717, 1.165) is 16.8 Å². The van der Waals surface area contributed by atoms with Gasteiger partial charge in [0, 0.05) is 18.0 Å². The van der Waals surface area contributed by atoms with Crippen molar-refractivity contribution in [3.63, 3.8) is 0 Å². The number of nitrogens with zero attached hydrogens (tertiary/aromatic N) is 1. The summed E-state index contributed by atoms with van der Waals surface area (Å²) in [5.74, 6) is -2.24. The standard InChI is InChI=1S/C17H16N2O6/c1-2-25-17(24)11-4-3-5-13(8-11)18-14(20)10-19-9-12(16(22)23)6-7-15(19)21/h3-9H,2,10H2,1H3,(H,18,20)(H,22,23). The number of pyridine rings is 1. The summed E-state index contributed by atoms with van der Waals surface area (Å²) < 4.78 is 5.88. The number of aromatic nitrogens is 1. The Balaban J connectivity index is 2.12. The predicted molar refractivity (Wildman–Crippen MR) is 88.7 cm³/mol. The SMILES string of the molecule is CCOC(=O)c1cccc(NC(=O)Cn2cc(C(=O)O)ccc2=O)c1. The molecule has 8 heteroatoms. The van der Waals surface area contributed by atoms with Crippen LogP contribution in [0.1, 0.15) is 27.6 Å². The smallest absolute Gasteiger partial charge is 0.338 e. The maximum atomic E-state index is 12.1. The molecule has 1 heterocycles. The van der Waals surface area contributed by atoms with Gasteiger partial charge in [0.2, 0.25) is 5.91 Å². The van der Waals surface area contributed by atoms with Gasteiger partial charge in [-0.05, 0) is 31.2 Å². The highest BCUT2D eigenvalue weighted by atomic mass is 16.5. The molecule has 0 saturated carbocycles. The summed E-state index contributed by atoms with van der Waals surface area (Å²) in [5, 5.41) is 11.5. The number of aromatic carboxylic acids is 1. The molecular formula is C17H16N2O6. The van der Waals surface area contributed by atoms with Crippen LogP contribution in [0, 0.1) is 0 Å². The van der Waals surface area contributed by atoms with Gasteiger partial charge in [-0.3, -0.25) is 9.59 Å². The molecule has 1 amide bonds. The Labute approximate surface area is 142 Å². The summed E-state index contributed by atoms with van der Waals surface area (Å²) >= 11 is 0. The number of ether oxygens (including phenoxy) is 1. The van der Waals surface area contributed by atoms with Crippen LogP contribution in [-0.2, 0) is 16.1 Å². The van der Waals surface area contributed by atoms with Gasteiger partial charge in [0.1, 0.15) is 6.54 Å². The van der Waals surface area contributed by atoms with Crippen LogP contribution >= 0.6 is 0 Å². The van der Waals surface area contributed by atoms with Gasteiger partial charge in [0.15, 0.2) is 0 Å². The molecule has 0 aliphatic rings. The topological polar surface area (TPSA) is 115 Å². The first-order valence-corrected chi connectivity index (χ1v) is 7.41. The highest BCUT2D eigenvalue weighted by Gasteiger charge is 2.11. The molecule has 0 saturated heterocycles. The van der Waals surface area contributed by atoms with Gasteiger partial charge in [-0.25, -0.2) is 9.59 Å². The van der Waals surface area contributed by atoms with Crippen LogP contribution in [0.5, 0.6) is 0 Å². The van der Waals surface area contributed by atoms with Crippen LogP contribution in [0.25, 0.3) is 0 Å². The van der Waals surface area contributed by atoms with Gasteiger partial charge in [-0.15, -0.1) is 0 Å². The van der Waals surface area contributed by atoms with Gasteiger partial charge in [0.25, 0.3) is 5.56 Å². The third-order valence-corrected chi connectivity index (χ3v) is 3.20. The fourth-order valence-electron chi connectivity index (χ4n) is 2.08. The molecule has 0 fully saturated rings. The molecule has 130 valence electrons. The van der Waals surface area contributed by atoms with E-state index in [0.29, 0.717) is 5.69 Å². The van der Waals surface area contributed by atoms with Crippen molar-refractivity contribution in [3.05, 3.63) is 64.1 Å². The zero-order valence-corrected chi connectivity index (χ0v) is 13.4. The summed E-state index contributed by atoms with van der Waals surface area (Å²) in [6.45, 7) is 1.56. The number of hydrogen-bond acceptors (Lipinski definition) is 5. The monoisotopic (exact) mass is 344 g/mol. The number of carboxylic acid groups (broad SMARTS) is 1. The molecule has 0 bridgehead atoms. The lowest BCUT2D eigenvalue weighted by Gasteiger charge is -2.09. The van der Waals surface area contributed by atoms with Crippen molar-refractivity contribution in [2.24, 2.45) is 0 Å². The molecular weight excluding hydrogens is 328 g/mol. The zero-order chi connectivity index (χ0) is 18.4. The second kappa shape index (κ2) is 7.91. The molecule has 2 aromatic rings. The second-order valence-electron chi connectivity index (χ2n) is 5.04. The van der Waals surface area contributed by atoms with E-state index in [-0.39, 0.29) is 24.3 Å². The summed E-state index contributed by atoms with van der Waals surface area (Å²) in [4.78, 5) is 46.4. The third kappa shape index (κ3) is 4.77. The lowest BCUT2D eigenvalue weighted by Crippen LogP contribution is -2.27. The Morgan fingerprint density at radius 2 is 1.92 bits per heavy atom. The van der Waals surface area contributed by atoms with Crippen LogP contribution in [-0.4, -0.2) is 34.1 Å². The zero-order valence-electron chi connectivity index (χ0n) is 13.4. The predicted octanol–water partition coefficient (Wildman–Crippen LogP) is 1.36. The number of amides is 1. The van der Waals surface area contributed by atoms with Crippen molar-refractivity contribution in [2.75, 3.05) is 11.9 Å². The van der Waals surface area contributed by atoms with Gasteiger partial charge in [-0.1, -0.05) is 6.07 Å². The molecule has 1 aromatic heterocycles. The van der Waals surface area contributed by atoms with Crippen LogP contribution in [0.3, 0.4) is 0 Å². The second-order valence-corrected chi connectivity index (χ2v) is 5.04. The number of carbonyl (C=O) groups is 3. The van der Waals surface area contributed by atoms with E-state index in [1.165, 1.54) is 12.1 Å². The molecule has 1 aromatic carbocycles. The minimum Gasteiger partial charge on any atom is -0.478 e. The summed E-state index contributed by atoms with van der Waals surface area (Å²) in [5.41, 5.74) is 0.0415. The van der Waals surface area contributed by atoms with Crippen LogP contribution in [0.15, 0.2) is 47.4 Å². The van der Waals surface area contributed by atoms with Crippen molar-refractivity contribution in [1.82, 2.24) is 4.57 Å². The normalized spacial score (nSPS) is 10.1. The van der Waals surface area contributed by atoms with Crippen molar-refractivity contribution in [2.45, 2.75) is 13.5 Å². The Morgan fingerprint density at radius 1 is 1.16 bits per heavy atom. The number of rotatable bonds is 6. The number of carbonyl (C=O) groups excluding carboxylic acids is 2. The first-order valence-electron chi connectivity index (χ1n) is 7.41. The Kier molecular flexibility index (Phi) is 5.67. The molecule has 0 aliphatic carbocycles. The molecule has 0 atom stereocenters. The Morgan fingerprint density at radius 3 is 2.60 bits per heavy atom. The average molecular weight is 344 g/mol. The molecule has 0 radical (unpaired) electrons. The fourth-order valence-corrected chi connectivity index (χ4v) is 2.08. The van der Waals surface area contributed by atoms with E-state index in [2.05, 4.69) is 5.32 Å².